The zero-order valence-electron chi connectivity index (χ0n) is 65.7. The van der Waals surface area contributed by atoms with Gasteiger partial charge in [0.05, 0.1) is 65.6 Å². The molecular weight excluding hydrogens is 1670 g/mol. The summed E-state index contributed by atoms with van der Waals surface area (Å²) in [5.41, 5.74) is 0. The van der Waals surface area contributed by atoms with E-state index in [0.29, 0.717) is 0 Å². The van der Waals surface area contributed by atoms with Crippen LogP contribution in [-0.2, 0) is 109 Å². The van der Waals surface area contributed by atoms with Gasteiger partial charge in [-0.2, -0.15) is 0 Å². The van der Waals surface area contributed by atoms with Crippen LogP contribution in [-0.4, -0.2) is 528 Å². The van der Waals surface area contributed by atoms with Gasteiger partial charge in [0.25, 0.3) is 0 Å². The van der Waals surface area contributed by atoms with E-state index >= 15 is 0 Å². The summed E-state index contributed by atoms with van der Waals surface area (Å²) < 4.78 is 113. The molecule has 10 heterocycles. The first-order valence-electron chi connectivity index (χ1n) is 39.0. The number of nitrogens with one attached hydrogen (secondary N) is 4. The van der Waals surface area contributed by atoms with Crippen LogP contribution in [0.4, 0.5) is 0 Å². The van der Waals surface area contributed by atoms with Gasteiger partial charge in [-0.25, -0.2) is 0 Å². The second kappa shape index (κ2) is 43.6. The van der Waals surface area contributed by atoms with Gasteiger partial charge in [-0.15, -0.1) is 0 Å². The number of rotatable bonds is 31. The summed E-state index contributed by atoms with van der Waals surface area (Å²) in [6, 6.07) is -7.84. The van der Waals surface area contributed by atoms with E-state index in [-0.39, 0.29) is 0 Å². The summed E-state index contributed by atoms with van der Waals surface area (Å²) in [5.74, 6) is -3.84. The largest absolute Gasteiger partial charge is 0.394 e. The summed E-state index contributed by atoms with van der Waals surface area (Å²) in [5, 5.41) is 311. The highest BCUT2D eigenvalue weighted by Crippen LogP contribution is 2.41. The third-order valence-electron chi connectivity index (χ3n) is 22.4. The van der Waals surface area contributed by atoms with Crippen molar-refractivity contribution in [2.75, 3.05) is 59.5 Å². The molecular formula is C68H114N4O50. The number of aliphatic hydroxyl groups excluding tert-OH is 27. The molecule has 54 nitrogen and oxygen atoms in total. The number of carbonyl (C=O) groups excluding carboxylic acids is 4. The number of amides is 4. The zero-order valence-corrected chi connectivity index (χ0v) is 65.7. The average Bonchev–Trinajstić information content (AvgIpc) is 0.756. The highest BCUT2D eigenvalue weighted by Gasteiger charge is 2.62. The fraction of sp³-hybridized carbons (Fsp3) is 0.941. The first kappa shape index (κ1) is 100. The van der Waals surface area contributed by atoms with Crippen molar-refractivity contribution in [3.05, 3.63) is 0 Å². The molecule has 10 aliphatic heterocycles. The lowest BCUT2D eigenvalue weighted by molar-refractivity contribution is -0.406. The normalized spacial score (nSPS) is 49.7. The quantitative estimate of drug-likeness (QED) is 0.0306. The lowest BCUT2D eigenvalue weighted by Gasteiger charge is -2.52. The molecule has 10 rings (SSSR count). The van der Waals surface area contributed by atoms with Gasteiger partial charge in [0.15, 0.2) is 62.9 Å². The smallest absolute Gasteiger partial charge is 0.217 e. The minimum atomic E-state index is -2.65. The van der Waals surface area contributed by atoms with Crippen molar-refractivity contribution in [3.8, 4) is 0 Å². The van der Waals surface area contributed by atoms with E-state index in [4.69, 9.17) is 90.0 Å². The predicted octanol–water partition coefficient (Wildman–Crippen LogP) is -21.2. The molecule has 31 N–H and O–H groups in total. The first-order valence-corrected chi connectivity index (χ1v) is 39.0. The second-order valence-electron chi connectivity index (χ2n) is 31.0. The molecule has 0 bridgehead atoms. The van der Waals surface area contributed by atoms with Crippen molar-refractivity contribution in [1.29, 1.82) is 0 Å². The van der Waals surface area contributed by atoms with Crippen molar-refractivity contribution < 1.29 is 247 Å². The van der Waals surface area contributed by atoms with E-state index in [2.05, 4.69) is 21.3 Å². The van der Waals surface area contributed by atoms with Gasteiger partial charge < -0.3 is 249 Å². The molecule has 0 spiro atoms. The van der Waals surface area contributed by atoms with Crippen molar-refractivity contribution in [1.82, 2.24) is 21.3 Å². The van der Waals surface area contributed by atoms with Crippen molar-refractivity contribution in [2.45, 2.75) is 341 Å². The molecule has 122 heavy (non-hydrogen) atoms. The zero-order chi connectivity index (χ0) is 89.8. The summed E-state index contributed by atoms with van der Waals surface area (Å²) in [4.78, 5) is 52.0. The molecule has 0 saturated carbocycles. The lowest BCUT2D eigenvalue weighted by Crippen LogP contribution is -2.71. The number of aliphatic hydroxyl groups is 27. The first-order chi connectivity index (χ1) is 57.7. The highest BCUT2D eigenvalue weighted by atomic mass is 16.8. The Morgan fingerprint density at radius 2 is 0.492 bits per heavy atom. The number of hydrogen-bond donors (Lipinski definition) is 31. The van der Waals surface area contributed by atoms with Gasteiger partial charge in [0, 0.05) is 27.7 Å². The van der Waals surface area contributed by atoms with E-state index in [9.17, 15) is 157 Å². The Labute approximate surface area is 691 Å². The predicted molar refractivity (Wildman–Crippen MR) is 375 cm³/mol. The van der Waals surface area contributed by atoms with Gasteiger partial charge in [-0.05, 0) is 6.92 Å². The Balaban J connectivity index is 1.01. The molecule has 0 aromatic heterocycles. The van der Waals surface area contributed by atoms with Crippen LogP contribution in [0, 0.1) is 0 Å². The molecule has 0 radical (unpaired) electrons. The standard InChI is InChI=1S/C68H114N4O50/c1-15-33(84)42(93)46(97)63(106-15)105-14-28-56(38(89)29(59(103)107-28)69-16(2)80)117-61-31(71-18(4)82)40(91)54(25(11-78)112-61)120-67-51(102)57(37(88)27(115-67)13-104-64-47(98)43(94)34(85)20(6-73)108-64)121-68-58(122-62-32(72-19(5)83)41(92)53(24(10-77)113-62)119-66-49(100)45(96)36(87)22(8-75)110-66)50(101)55(26(12-79)114-68)116-60-30(70-17(3)81)39(90)52(23(9-76)111-60)118-65-48(99)44(95)35(86)21(7-74)109-65/h15,20-68,73-79,84-103H,6-14H2,1-5H3,(H,69,80)(H,70,81)(H,71,82)(H,72,83)/t15-,20+,21+,22+,23+,24+,25+,26+,27+,28+,29+,30+,31+,32+,33+,34+,35-,36-,37+,38+,39+,40+,41+,42+,43-,44-,45-,46-,47-,48+,49+,50-,51-,52+,53+,54+,55+,56+,57-,58-,59+,60-,61-,62-,63+,64-,65-,66-,67?,68+/m0/s1. The van der Waals surface area contributed by atoms with E-state index in [1.54, 1.807) is 0 Å². The highest BCUT2D eigenvalue weighted by molar-refractivity contribution is 5.74. The Hall–Kier alpha value is -3.96. The van der Waals surface area contributed by atoms with Crippen LogP contribution in [0.15, 0.2) is 0 Å². The van der Waals surface area contributed by atoms with E-state index < -0.39 is 390 Å². The van der Waals surface area contributed by atoms with Crippen molar-refractivity contribution in [3.63, 3.8) is 0 Å². The fourth-order valence-electron chi connectivity index (χ4n) is 15.8. The molecule has 1 unspecified atom stereocenters. The Morgan fingerprint density at radius 3 is 0.869 bits per heavy atom. The fourth-order valence-corrected chi connectivity index (χ4v) is 15.8. The average molecular weight is 1790 g/mol. The van der Waals surface area contributed by atoms with Crippen molar-refractivity contribution >= 4 is 23.6 Å². The van der Waals surface area contributed by atoms with Crippen LogP contribution in [0.3, 0.4) is 0 Å². The van der Waals surface area contributed by atoms with E-state index in [1.165, 1.54) is 6.92 Å². The summed E-state index contributed by atoms with van der Waals surface area (Å²) >= 11 is 0. The number of hydrogen-bond acceptors (Lipinski definition) is 50. The van der Waals surface area contributed by atoms with Crippen LogP contribution >= 0.6 is 0 Å². The molecule has 0 aliphatic carbocycles. The van der Waals surface area contributed by atoms with Crippen LogP contribution in [0.5, 0.6) is 0 Å². The van der Waals surface area contributed by atoms with Gasteiger partial charge in [-0.3, -0.25) is 19.2 Å². The summed E-state index contributed by atoms with van der Waals surface area (Å²) in [7, 11) is 0. The number of carbonyl (C=O) groups is 4. The van der Waals surface area contributed by atoms with E-state index in [1.807, 2.05) is 0 Å². The maximum Gasteiger partial charge on any atom is 0.217 e. The molecule has 50 atom stereocenters. The minimum absolute atomic E-state index is 0.842. The molecule has 10 saturated heterocycles. The molecule has 0 aromatic carbocycles. The van der Waals surface area contributed by atoms with Crippen LogP contribution in [0.25, 0.3) is 0 Å². The SMILES string of the molecule is CC(=O)N[C@@H]1[C@@H](O)[C@H](O[C@@H]2O[C@H](CO)[C@@H](OC3O[C@H](CO[C@H]4O[C@H](CO)[C@@H](O)[C@H](O)[C@@H]4O)[C@@H](O)[C@H](O[C@H]4O[C@H](CO)[C@@H](O[C@@H]5O[C@H](CO)[C@@H](O[C@@H]6O[C@H](CO)[C@H](O)[C@H](O)[C@H]6O)[C@H](O)[C@H]5NC(C)=O)[C@H](O)[C@@H]4O[C@@H]4O[C@H](CO)[C@@H](O[C@@H]5O[C@H](CO)[C@H](O)[C@H](O)[C@H]5O)[C@H](O)[C@H]4NC(C)=O)[C@@H]3O)[C@H](O)[C@H]2NC(C)=O)[C@@H](CO[C@@H]2O[C@@H](C)[C@@H](O)[C@@H](O)[C@@H]2O)O[C@H]1O. The molecule has 0 aromatic rings. The maximum absolute atomic E-state index is 13.3. The van der Waals surface area contributed by atoms with Crippen LogP contribution in [0.1, 0.15) is 34.6 Å². The summed E-state index contributed by atoms with van der Waals surface area (Å²) in [6.07, 6.45) is -96.0. The van der Waals surface area contributed by atoms with Gasteiger partial charge >= 0.3 is 0 Å². The monoisotopic (exact) mass is 1790 g/mol. The summed E-state index contributed by atoms with van der Waals surface area (Å²) in [6.45, 7) is -4.95. The Morgan fingerprint density at radius 1 is 0.230 bits per heavy atom. The second-order valence-corrected chi connectivity index (χ2v) is 31.0. The van der Waals surface area contributed by atoms with Gasteiger partial charge in [0.1, 0.15) is 238 Å². The topological polar surface area (TPSA) is 838 Å². The Kier molecular flexibility index (Phi) is 35.8. The van der Waals surface area contributed by atoms with Crippen LogP contribution in [0.2, 0.25) is 0 Å². The van der Waals surface area contributed by atoms with Crippen LogP contribution < -0.4 is 21.3 Å². The third-order valence-corrected chi connectivity index (χ3v) is 22.4. The third kappa shape index (κ3) is 22.0. The van der Waals surface area contributed by atoms with Gasteiger partial charge in [0.2, 0.25) is 23.6 Å². The molecule has 706 valence electrons. The molecule has 10 aliphatic rings. The van der Waals surface area contributed by atoms with Crippen molar-refractivity contribution in [2.24, 2.45) is 0 Å². The molecule has 4 amide bonds. The minimum Gasteiger partial charge on any atom is -0.394 e. The van der Waals surface area contributed by atoms with E-state index in [0.717, 1.165) is 27.7 Å². The Bertz CT molecular complexity index is 3290. The molecule has 10 fully saturated rings. The maximum atomic E-state index is 13.3. The molecule has 54 heteroatoms. The lowest BCUT2D eigenvalue weighted by atomic mass is 9.93. The van der Waals surface area contributed by atoms with Gasteiger partial charge in [-0.1, -0.05) is 0 Å². The number of ether oxygens (including phenoxy) is 19.